The monoisotopic (exact) mass is 164 g/mol. The lowest BCUT2D eigenvalue weighted by Crippen LogP contribution is -2.15. The zero-order valence-electron chi connectivity index (χ0n) is 7.27. The van der Waals surface area contributed by atoms with Gasteiger partial charge in [-0.3, -0.25) is 0 Å². The molecular formula is C9H12N2O. The molecule has 0 saturated carbocycles. The molecule has 0 aliphatic heterocycles. The van der Waals surface area contributed by atoms with Gasteiger partial charge in [-0.25, -0.2) is 0 Å². The highest BCUT2D eigenvalue weighted by molar-refractivity contribution is 6.09. The molecule has 0 amide bonds. The Morgan fingerprint density at radius 3 is 2.67 bits per heavy atom. The van der Waals surface area contributed by atoms with Crippen LogP contribution in [0.25, 0.3) is 0 Å². The van der Waals surface area contributed by atoms with Crippen LogP contribution in [0.4, 0.5) is 0 Å². The normalized spacial score (nSPS) is 16.8. The van der Waals surface area contributed by atoms with Crippen LogP contribution >= 0.6 is 0 Å². The smallest absolute Gasteiger partial charge is 0.144 e. The fourth-order valence-electron chi connectivity index (χ4n) is 0.989. The van der Waals surface area contributed by atoms with Crippen molar-refractivity contribution in [1.82, 2.24) is 5.32 Å². The largest absolute Gasteiger partial charge is 0.495 e. The van der Waals surface area contributed by atoms with Crippen LogP contribution in [0, 0.1) is 5.41 Å². The Kier molecular flexibility index (Phi) is 2.33. The van der Waals surface area contributed by atoms with Crippen LogP contribution in [0.1, 0.15) is 0 Å². The molecule has 1 rings (SSSR count). The molecule has 12 heavy (non-hydrogen) atoms. The van der Waals surface area contributed by atoms with Crippen molar-refractivity contribution in [2.45, 2.75) is 0 Å². The predicted octanol–water partition coefficient (Wildman–Crippen LogP) is 1.21. The molecule has 0 atom stereocenters. The molecule has 0 aromatic heterocycles. The number of allylic oxidation sites excluding steroid dienone is 3. The summed E-state index contributed by atoms with van der Waals surface area (Å²) < 4.78 is 5.06. The van der Waals surface area contributed by atoms with Gasteiger partial charge in [0, 0.05) is 13.1 Å². The van der Waals surface area contributed by atoms with Crippen LogP contribution < -0.4 is 5.32 Å². The fraction of sp³-hybridized carbons (Fsp3) is 0.222. The molecule has 0 aromatic rings. The molecule has 64 valence electrons. The Morgan fingerprint density at radius 2 is 2.17 bits per heavy atom. The third-order valence-electron chi connectivity index (χ3n) is 1.69. The van der Waals surface area contributed by atoms with Gasteiger partial charge in [-0.05, 0) is 11.6 Å². The minimum Gasteiger partial charge on any atom is -0.495 e. The van der Waals surface area contributed by atoms with Crippen molar-refractivity contribution in [3.8, 4) is 0 Å². The standard InChI is InChI=1S/C9H12N2O/c1-6-4-8(11-2)9(12-3)5-7(6)10/h4-5,10-11H,1H2,2-3H3. The fourth-order valence-corrected chi connectivity index (χ4v) is 0.989. The van der Waals surface area contributed by atoms with E-state index in [0.717, 1.165) is 5.70 Å². The third kappa shape index (κ3) is 1.39. The van der Waals surface area contributed by atoms with Gasteiger partial charge in [0.2, 0.25) is 0 Å². The summed E-state index contributed by atoms with van der Waals surface area (Å²) in [6, 6.07) is 0. The second-order valence-electron chi connectivity index (χ2n) is 2.46. The summed E-state index contributed by atoms with van der Waals surface area (Å²) in [5.74, 6) is 0.676. The highest BCUT2D eigenvalue weighted by Gasteiger charge is 2.12. The van der Waals surface area contributed by atoms with Crippen LogP contribution in [0.15, 0.2) is 35.8 Å². The Labute approximate surface area is 71.9 Å². The first-order valence-corrected chi connectivity index (χ1v) is 3.62. The highest BCUT2D eigenvalue weighted by Crippen LogP contribution is 2.17. The second kappa shape index (κ2) is 3.26. The number of hydrogen-bond acceptors (Lipinski definition) is 3. The Balaban J connectivity index is 3.00. The lowest BCUT2D eigenvalue weighted by molar-refractivity contribution is 0.297. The molecule has 1 aliphatic rings. The lowest BCUT2D eigenvalue weighted by Gasteiger charge is -2.15. The molecule has 2 N–H and O–H groups in total. The van der Waals surface area contributed by atoms with E-state index in [4.69, 9.17) is 10.1 Å². The van der Waals surface area contributed by atoms with E-state index in [1.807, 2.05) is 0 Å². The molecule has 0 fully saturated rings. The molecule has 3 heteroatoms. The zero-order chi connectivity index (χ0) is 9.14. The van der Waals surface area contributed by atoms with Crippen LogP contribution in [-0.2, 0) is 4.74 Å². The Hall–Kier alpha value is -1.51. The quantitative estimate of drug-likeness (QED) is 0.644. The summed E-state index contributed by atoms with van der Waals surface area (Å²) in [6.45, 7) is 3.72. The van der Waals surface area contributed by atoms with E-state index in [0.29, 0.717) is 17.0 Å². The summed E-state index contributed by atoms with van der Waals surface area (Å²) in [6.07, 6.45) is 3.44. The zero-order valence-corrected chi connectivity index (χ0v) is 7.27. The molecule has 1 aliphatic carbocycles. The highest BCUT2D eigenvalue weighted by atomic mass is 16.5. The van der Waals surface area contributed by atoms with Crippen molar-refractivity contribution in [3.05, 3.63) is 35.8 Å². The Morgan fingerprint density at radius 1 is 1.50 bits per heavy atom. The van der Waals surface area contributed by atoms with Crippen LogP contribution in [0.2, 0.25) is 0 Å². The number of methoxy groups -OCH3 is 1. The summed E-state index contributed by atoms with van der Waals surface area (Å²) in [4.78, 5) is 0. The maximum atomic E-state index is 7.47. The first-order chi connectivity index (χ1) is 5.69. The number of rotatable bonds is 2. The van der Waals surface area contributed by atoms with E-state index in [2.05, 4.69) is 11.9 Å². The van der Waals surface area contributed by atoms with Crippen molar-refractivity contribution in [3.63, 3.8) is 0 Å². The van der Waals surface area contributed by atoms with Crippen LogP contribution in [0.3, 0.4) is 0 Å². The van der Waals surface area contributed by atoms with Crippen molar-refractivity contribution in [1.29, 1.82) is 5.41 Å². The topological polar surface area (TPSA) is 45.1 Å². The number of likely N-dealkylation sites (N-methyl/N-ethyl adjacent to an activating group) is 1. The van der Waals surface area contributed by atoms with E-state index in [9.17, 15) is 0 Å². The summed E-state index contributed by atoms with van der Waals surface area (Å²) in [5, 5.41) is 10.4. The molecule has 0 saturated heterocycles. The van der Waals surface area contributed by atoms with Gasteiger partial charge >= 0.3 is 0 Å². The molecule has 0 heterocycles. The number of hydrogen-bond donors (Lipinski definition) is 2. The van der Waals surface area contributed by atoms with Crippen molar-refractivity contribution < 1.29 is 4.74 Å². The molecule has 0 spiro atoms. The molecule has 0 aromatic carbocycles. The van der Waals surface area contributed by atoms with E-state index < -0.39 is 0 Å². The van der Waals surface area contributed by atoms with E-state index in [-0.39, 0.29) is 0 Å². The molecule has 3 nitrogen and oxygen atoms in total. The third-order valence-corrected chi connectivity index (χ3v) is 1.69. The van der Waals surface area contributed by atoms with Crippen molar-refractivity contribution >= 4 is 5.71 Å². The van der Waals surface area contributed by atoms with Gasteiger partial charge in [0.25, 0.3) is 0 Å². The molecule has 0 bridgehead atoms. The van der Waals surface area contributed by atoms with Gasteiger partial charge in [0.1, 0.15) is 5.76 Å². The summed E-state index contributed by atoms with van der Waals surface area (Å²) in [5.41, 5.74) is 1.95. The second-order valence-corrected chi connectivity index (χ2v) is 2.46. The minimum atomic E-state index is 0.394. The maximum absolute atomic E-state index is 7.47. The van der Waals surface area contributed by atoms with Crippen LogP contribution in [-0.4, -0.2) is 19.9 Å². The van der Waals surface area contributed by atoms with Gasteiger partial charge in [-0.15, -0.1) is 0 Å². The molecule has 0 radical (unpaired) electrons. The summed E-state index contributed by atoms with van der Waals surface area (Å²) >= 11 is 0. The first-order valence-electron chi connectivity index (χ1n) is 3.62. The SMILES string of the molecule is C=C1C=C(NC)C(OC)=CC1=N. The number of nitrogens with one attached hydrogen (secondary N) is 2. The molecular weight excluding hydrogens is 152 g/mol. The van der Waals surface area contributed by atoms with Gasteiger partial charge in [-0.1, -0.05) is 6.58 Å². The van der Waals surface area contributed by atoms with Gasteiger partial charge in [0.15, 0.2) is 0 Å². The minimum absolute atomic E-state index is 0.394. The Bertz CT molecular complexity index is 257. The maximum Gasteiger partial charge on any atom is 0.144 e. The van der Waals surface area contributed by atoms with E-state index in [1.54, 1.807) is 26.3 Å². The average Bonchev–Trinajstić information content (AvgIpc) is 2.09. The van der Waals surface area contributed by atoms with Crippen LogP contribution in [0.5, 0.6) is 0 Å². The summed E-state index contributed by atoms with van der Waals surface area (Å²) in [7, 11) is 3.39. The van der Waals surface area contributed by atoms with Gasteiger partial charge < -0.3 is 15.5 Å². The predicted molar refractivity (Wildman–Crippen MR) is 49.1 cm³/mol. The van der Waals surface area contributed by atoms with Gasteiger partial charge in [0.05, 0.1) is 18.5 Å². The lowest BCUT2D eigenvalue weighted by atomic mass is 10.0. The van der Waals surface area contributed by atoms with Crippen molar-refractivity contribution in [2.24, 2.45) is 0 Å². The van der Waals surface area contributed by atoms with E-state index >= 15 is 0 Å². The first kappa shape index (κ1) is 8.59. The number of ether oxygens (including phenoxy) is 1. The average molecular weight is 164 g/mol. The van der Waals surface area contributed by atoms with Gasteiger partial charge in [-0.2, -0.15) is 0 Å². The van der Waals surface area contributed by atoms with Crippen molar-refractivity contribution in [2.75, 3.05) is 14.2 Å². The van der Waals surface area contributed by atoms with E-state index in [1.165, 1.54) is 0 Å². The molecule has 0 unspecified atom stereocenters.